The molecule has 0 aliphatic carbocycles. The van der Waals surface area contributed by atoms with E-state index in [0.717, 1.165) is 31.9 Å². The van der Waals surface area contributed by atoms with Crippen molar-refractivity contribution in [2.45, 2.75) is 13.0 Å². The first kappa shape index (κ1) is 15.5. The third-order valence-electron chi connectivity index (χ3n) is 3.75. The molecule has 0 amide bonds. The molecule has 7 heteroatoms. The number of nitro benzene ring substituents is 1. The van der Waals surface area contributed by atoms with E-state index in [-0.39, 0.29) is 12.2 Å². The Bertz CT molecular complexity index is 499. The molecule has 116 valence electrons. The maximum absolute atomic E-state index is 11.1. The predicted octanol–water partition coefficient (Wildman–Crippen LogP) is -0.278. The quantitative estimate of drug-likeness (QED) is 0.514. The first-order valence-corrected chi connectivity index (χ1v) is 7.24. The third-order valence-corrected chi connectivity index (χ3v) is 3.75. The SMILES string of the molecule is C[C@H](O)CNc1cc(N2CC[NH+](C)CC2)ccc1[N+](=O)[O-]. The minimum Gasteiger partial charge on any atom is -0.392 e. The van der Waals surface area contributed by atoms with Crippen LogP contribution in [0.2, 0.25) is 0 Å². The number of hydrogen-bond acceptors (Lipinski definition) is 5. The number of piperazine rings is 1. The number of hydrogen-bond donors (Lipinski definition) is 3. The van der Waals surface area contributed by atoms with Crippen LogP contribution in [0.5, 0.6) is 0 Å². The maximum Gasteiger partial charge on any atom is 0.292 e. The zero-order valence-electron chi connectivity index (χ0n) is 12.5. The number of anilines is 2. The number of quaternary nitrogens is 1. The summed E-state index contributed by atoms with van der Waals surface area (Å²) in [4.78, 5) is 14.4. The van der Waals surface area contributed by atoms with Gasteiger partial charge < -0.3 is 20.2 Å². The highest BCUT2D eigenvalue weighted by molar-refractivity contribution is 5.69. The molecular weight excluding hydrogens is 272 g/mol. The smallest absolute Gasteiger partial charge is 0.292 e. The number of rotatable bonds is 5. The van der Waals surface area contributed by atoms with E-state index in [1.54, 1.807) is 19.1 Å². The number of aliphatic hydroxyl groups is 1. The average molecular weight is 295 g/mol. The molecule has 0 bridgehead atoms. The fourth-order valence-electron chi connectivity index (χ4n) is 2.43. The molecule has 1 aromatic rings. The highest BCUT2D eigenvalue weighted by Crippen LogP contribution is 2.29. The van der Waals surface area contributed by atoms with Crippen LogP contribution in [0.1, 0.15) is 6.92 Å². The van der Waals surface area contributed by atoms with Crippen molar-refractivity contribution < 1.29 is 14.9 Å². The molecule has 1 fully saturated rings. The largest absolute Gasteiger partial charge is 0.392 e. The van der Waals surface area contributed by atoms with Crippen molar-refractivity contribution in [3.05, 3.63) is 28.3 Å². The van der Waals surface area contributed by atoms with Gasteiger partial charge in [0.15, 0.2) is 0 Å². The molecule has 1 saturated heterocycles. The number of nitro groups is 1. The van der Waals surface area contributed by atoms with Gasteiger partial charge in [-0.05, 0) is 19.1 Å². The minimum atomic E-state index is -0.555. The van der Waals surface area contributed by atoms with E-state index in [1.807, 2.05) is 0 Å². The summed E-state index contributed by atoms with van der Waals surface area (Å²) >= 11 is 0. The van der Waals surface area contributed by atoms with E-state index in [9.17, 15) is 15.2 Å². The summed E-state index contributed by atoms with van der Waals surface area (Å²) in [5.74, 6) is 0. The average Bonchev–Trinajstić information content (AvgIpc) is 2.45. The number of nitrogens with zero attached hydrogens (tertiary/aromatic N) is 2. The van der Waals surface area contributed by atoms with E-state index in [2.05, 4.69) is 17.3 Å². The summed E-state index contributed by atoms with van der Waals surface area (Å²) in [6, 6.07) is 5.14. The predicted molar refractivity (Wildman–Crippen MR) is 82.1 cm³/mol. The number of likely N-dealkylation sites (N-methyl/N-ethyl adjacent to an activating group) is 1. The second kappa shape index (κ2) is 6.73. The Morgan fingerprint density at radius 2 is 2.14 bits per heavy atom. The van der Waals surface area contributed by atoms with E-state index in [4.69, 9.17) is 0 Å². The summed E-state index contributed by atoms with van der Waals surface area (Å²) in [6.07, 6.45) is -0.555. The first-order chi connectivity index (χ1) is 9.97. The lowest BCUT2D eigenvalue weighted by atomic mass is 10.2. The molecule has 2 rings (SSSR count). The molecule has 0 aromatic heterocycles. The third kappa shape index (κ3) is 4.05. The van der Waals surface area contributed by atoms with Crippen LogP contribution in [0.3, 0.4) is 0 Å². The van der Waals surface area contributed by atoms with Crippen molar-refractivity contribution in [2.75, 3.05) is 50.0 Å². The summed E-state index contributed by atoms with van der Waals surface area (Å²) in [5, 5.41) is 23.4. The van der Waals surface area contributed by atoms with E-state index < -0.39 is 11.0 Å². The van der Waals surface area contributed by atoms with E-state index >= 15 is 0 Å². The standard InChI is InChI=1S/C14H22N4O3/c1-11(19)10-15-13-9-12(3-4-14(13)18(20)21)17-7-5-16(2)6-8-17/h3-4,9,11,15,19H,5-8,10H2,1-2H3/p+1/t11-/m0/s1. The summed E-state index contributed by atoms with van der Waals surface area (Å²) in [5.41, 5.74) is 1.49. The van der Waals surface area contributed by atoms with Gasteiger partial charge in [-0.1, -0.05) is 0 Å². The fraction of sp³-hybridized carbons (Fsp3) is 0.571. The fourth-order valence-corrected chi connectivity index (χ4v) is 2.43. The van der Waals surface area contributed by atoms with Crippen LogP contribution in [-0.4, -0.2) is 55.9 Å². The Morgan fingerprint density at radius 3 is 2.71 bits per heavy atom. The number of aliphatic hydroxyl groups excluding tert-OH is 1. The zero-order chi connectivity index (χ0) is 15.4. The van der Waals surface area contributed by atoms with Crippen molar-refractivity contribution in [2.24, 2.45) is 0 Å². The molecule has 0 radical (unpaired) electrons. The van der Waals surface area contributed by atoms with Gasteiger partial charge in [-0.25, -0.2) is 0 Å². The second-order valence-corrected chi connectivity index (χ2v) is 5.63. The van der Waals surface area contributed by atoms with Crippen molar-refractivity contribution in [3.63, 3.8) is 0 Å². The Hall–Kier alpha value is -1.86. The normalized spacial score (nSPS) is 17.6. The summed E-state index contributed by atoms with van der Waals surface area (Å²) in [6.45, 7) is 5.95. The number of nitrogens with one attached hydrogen (secondary N) is 2. The molecular formula is C14H23N4O3+. The molecule has 0 spiro atoms. The van der Waals surface area contributed by atoms with Gasteiger partial charge in [0.25, 0.3) is 5.69 Å². The Morgan fingerprint density at radius 1 is 1.48 bits per heavy atom. The molecule has 0 unspecified atom stereocenters. The monoisotopic (exact) mass is 295 g/mol. The van der Waals surface area contributed by atoms with Gasteiger partial charge in [-0.2, -0.15) is 0 Å². The van der Waals surface area contributed by atoms with Crippen LogP contribution in [-0.2, 0) is 0 Å². The van der Waals surface area contributed by atoms with Gasteiger partial charge in [-0.3, -0.25) is 10.1 Å². The highest BCUT2D eigenvalue weighted by Gasteiger charge is 2.20. The summed E-state index contributed by atoms with van der Waals surface area (Å²) < 4.78 is 0. The van der Waals surface area contributed by atoms with Crippen LogP contribution >= 0.6 is 0 Å². The minimum absolute atomic E-state index is 0.0409. The lowest BCUT2D eigenvalue weighted by Crippen LogP contribution is -3.12. The van der Waals surface area contributed by atoms with Gasteiger partial charge in [-0.15, -0.1) is 0 Å². The Balaban J connectivity index is 2.19. The lowest BCUT2D eigenvalue weighted by molar-refractivity contribution is -0.880. The van der Waals surface area contributed by atoms with Crippen LogP contribution in [0.4, 0.5) is 17.1 Å². The molecule has 21 heavy (non-hydrogen) atoms. The highest BCUT2D eigenvalue weighted by atomic mass is 16.6. The molecule has 1 atom stereocenters. The number of benzene rings is 1. The zero-order valence-corrected chi connectivity index (χ0v) is 12.5. The van der Waals surface area contributed by atoms with Crippen molar-refractivity contribution in [3.8, 4) is 0 Å². The Labute approximate surface area is 124 Å². The van der Waals surface area contributed by atoms with Crippen LogP contribution in [0.15, 0.2) is 18.2 Å². The van der Waals surface area contributed by atoms with Crippen LogP contribution < -0.4 is 15.1 Å². The molecule has 3 N–H and O–H groups in total. The maximum atomic E-state index is 11.1. The van der Waals surface area contributed by atoms with Crippen molar-refractivity contribution in [1.29, 1.82) is 0 Å². The molecule has 0 saturated carbocycles. The van der Waals surface area contributed by atoms with E-state index in [1.165, 1.54) is 11.0 Å². The lowest BCUT2D eigenvalue weighted by Gasteiger charge is -2.32. The van der Waals surface area contributed by atoms with E-state index in [0.29, 0.717) is 5.69 Å². The molecule has 1 aliphatic rings. The van der Waals surface area contributed by atoms with Crippen LogP contribution in [0.25, 0.3) is 0 Å². The first-order valence-electron chi connectivity index (χ1n) is 7.24. The van der Waals surface area contributed by atoms with Crippen LogP contribution in [0, 0.1) is 10.1 Å². The van der Waals surface area contributed by atoms with Gasteiger partial charge >= 0.3 is 0 Å². The topological polar surface area (TPSA) is 83.1 Å². The van der Waals surface area contributed by atoms with Gasteiger partial charge in [0.05, 0.1) is 44.3 Å². The molecule has 1 heterocycles. The molecule has 7 nitrogen and oxygen atoms in total. The summed E-state index contributed by atoms with van der Waals surface area (Å²) in [7, 11) is 2.17. The molecule has 1 aliphatic heterocycles. The van der Waals surface area contributed by atoms with Gasteiger partial charge in [0.2, 0.25) is 0 Å². The Kier molecular flexibility index (Phi) is 4.98. The van der Waals surface area contributed by atoms with Crippen molar-refractivity contribution in [1.82, 2.24) is 0 Å². The second-order valence-electron chi connectivity index (χ2n) is 5.63. The molecule has 1 aromatic carbocycles. The van der Waals surface area contributed by atoms with Gasteiger partial charge in [0, 0.05) is 18.3 Å². The van der Waals surface area contributed by atoms with Gasteiger partial charge in [0.1, 0.15) is 5.69 Å². The van der Waals surface area contributed by atoms with Crippen molar-refractivity contribution >= 4 is 17.1 Å².